The van der Waals surface area contributed by atoms with Gasteiger partial charge in [-0.25, -0.2) is 23.5 Å². The van der Waals surface area contributed by atoms with Gasteiger partial charge in [-0.1, -0.05) is 17.7 Å². The number of aromatic nitrogens is 3. The molecule has 1 aromatic heterocycles. The fourth-order valence-electron chi connectivity index (χ4n) is 2.81. The van der Waals surface area contributed by atoms with Crippen LogP contribution in [0, 0.1) is 20.8 Å². The number of hydrogen-bond acceptors (Lipinski definition) is 4. The molecular formula is C15H16ClN3O4. The summed E-state index contributed by atoms with van der Waals surface area (Å²) >= 11 is 5.82. The predicted octanol–water partition coefficient (Wildman–Crippen LogP) is 0.487. The maximum Gasteiger partial charge on any atom is 0.356 e. The van der Waals surface area contributed by atoms with Crippen molar-refractivity contribution in [3.8, 4) is 5.69 Å². The zero-order valence-electron chi connectivity index (χ0n) is 13.0. The first kappa shape index (κ1) is 15.8. The Morgan fingerprint density at radius 1 is 1.09 bits per heavy atom. The minimum absolute atomic E-state index is 0.0780. The molecule has 7 nitrogen and oxygen atoms in total. The van der Waals surface area contributed by atoms with E-state index in [1.165, 1.54) is 0 Å². The molecule has 0 spiro atoms. The highest BCUT2D eigenvalue weighted by molar-refractivity contribution is 6.15. The number of ether oxygens (including phenoxy) is 1. The molecule has 0 amide bonds. The third kappa shape index (κ3) is 2.66. The molecule has 1 unspecified atom stereocenters. The molecule has 8 heteroatoms. The number of rotatable bonds is 3. The first-order chi connectivity index (χ1) is 10.8. The first-order valence-corrected chi connectivity index (χ1v) is 7.50. The topological polar surface area (TPSA) is 78.5 Å². The molecule has 1 aliphatic heterocycles. The predicted molar refractivity (Wildman–Crippen MR) is 85.8 cm³/mol. The van der Waals surface area contributed by atoms with Crippen LogP contribution in [0.25, 0.3) is 5.69 Å². The van der Waals surface area contributed by atoms with Gasteiger partial charge in [-0.05, 0) is 31.9 Å². The number of halogens is 1. The average molecular weight is 338 g/mol. The Hall–Kier alpha value is -2.12. The van der Waals surface area contributed by atoms with Crippen LogP contribution in [0.5, 0.6) is 0 Å². The molecule has 2 heterocycles. The summed E-state index contributed by atoms with van der Waals surface area (Å²) in [4.78, 5) is 37.2. The molecule has 1 aliphatic rings. The minimum atomic E-state index is -0.871. The fraction of sp³-hybridized carbons (Fsp3) is 0.400. The van der Waals surface area contributed by atoms with Gasteiger partial charge >= 0.3 is 17.1 Å². The summed E-state index contributed by atoms with van der Waals surface area (Å²) < 4.78 is 7.38. The molecule has 3 rings (SSSR count). The zero-order chi connectivity index (χ0) is 16.9. The molecule has 0 saturated carbocycles. The maximum absolute atomic E-state index is 12.7. The monoisotopic (exact) mass is 337 g/mol. The van der Waals surface area contributed by atoms with E-state index in [1.54, 1.807) is 13.8 Å². The molecule has 23 heavy (non-hydrogen) atoms. The van der Waals surface area contributed by atoms with Gasteiger partial charge in [0.05, 0.1) is 24.9 Å². The van der Waals surface area contributed by atoms with Crippen molar-refractivity contribution in [3.05, 3.63) is 60.3 Å². The summed E-state index contributed by atoms with van der Waals surface area (Å²) in [6.45, 7) is 6.10. The van der Waals surface area contributed by atoms with E-state index in [2.05, 4.69) is 0 Å². The Morgan fingerprint density at radius 2 is 1.65 bits per heavy atom. The molecule has 1 fully saturated rings. The van der Waals surface area contributed by atoms with E-state index >= 15 is 0 Å². The summed E-state index contributed by atoms with van der Waals surface area (Å²) in [6.07, 6.45) is -0.191. The second-order valence-corrected chi connectivity index (χ2v) is 6.12. The largest absolute Gasteiger partial charge is 0.371 e. The van der Waals surface area contributed by atoms with E-state index in [4.69, 9.17) is 16.5 Å². The van der Waals surface area contributed by atoms with Crippen LogP contribution in [0.3, 0.4) is 0 Å². The highest BCUT2D eigenvalue weighted by Gasteiger charge is 2.27. The number of benzene rings is 1. The number of epoxide rings is 1. The Kier molecular flexibility index (Phi) is 3.77. The number of hydrogen-bond donors (Lipinski definition) is 0. The van der Waals surface area contributed by atoms with Crippen LogP contribution in [-0.2, 0) is 11.3 Å². The molecule has 122 valence electrons. The van der Waals surface area contributed by atoms with Crippen LogP contribution >= 0.6 is 11.8 Å². The van der Waals surface area contributed by atoms with Crippen molar-refractivity contribution >= 4 is 11.8 Å². The molecule has 1 aromatic carbocycles. The quantitative estimate of drug-likeness (QED) is 0.763. The first-order valence-electron chi connectivity index (χ1n) is 7.16. The lowest BCUT2D eigenvalue weighted by atomic mass is 10.1. The van der Waals surface area contributed by atoms with E-state index in [9.17, 15) is 14.4 Å². The van der Waals surface area contributed by atoms with Gasteiger partial charge in [0, 0.05) is 11.8 Å². The summed E-state index contributed by atoms with van der Waals surface area (Å²) in [5, 5.41) is 0. The number of aryl methyl sites for hydroxylation is 3. The van der Waals surface area contributed by atoms with Gasteiger partial charge in [0.25, 0.3) is 0 Å². The Labute approximate surface area is 136 Å². The van der Waals surface area contributed by atoms with Crippen LogP contribution in [-0.4, -0.2) is 25.9 Å². The molecule has 2 aromatic rings. The Bertz CT molecular complexity index is 943. The van der Waals surface area contributed by atoms with Crippen LogP contribution in [0.4, 0.5) is 0 Å². The molecule has 1 atom stereocenters. The summed E-state index contributed by atoms with van der Waals surface area (Å²) in [7, 11) is 0. The van der Waals surface area contributed by atoms with Gasteiger partial charge in [0.15, 0.2) is 0 Å². The van der Waals surface area contributed by atoms with Crippen LogP contribution < -0.4 is 17.1 Å². The van der Waals surface area contributed by atoms with Gasteiger partial charge in [0.2, 0.25) is 0 Å². The fourth-order valence-corrected chi connectivity index (χ4v) is 2.98. The summed E-state index contributed by atoms with van der Waals surface area (Å²) in [6, 6.07) is 3.73. The Balaban J connectivity index is 2.36. The molecule has 0 N–H and O–H groups in total. The molecule has 1 saturated heterocycles. The lowest BCUT2D eigenvalue weighted by molar-refractivity contribution is 0.370. The number of nitrogens with zero attached hydrogens (tertiary/aromatic N) is 3. The van der Waals surface area contributed by atoms with Crippen molar-refractivity contribution < 1.29 is 4.74 Å². The molecule has 0 aliphatic carbocycles. The summed E-state index contributed by atoms with van der Waals surface area (Å²) in [5.74, 6) is 0. The SMILES string of the molecule is Cc1cc(C)c(-n2c(=O)n(Cl)c(=O)n(CC3CO3)c2=O)c(C)c1. The zero-order valence-corrected chi connectivity index (χ0v) is 13.8. The maximum atomic E-state index is 12.7. The van der Waals surface area contributed by atoms with Gasteiger partial charge in [-0.2, -0.15) is 4.09 Å². The van der Waals surface area contributed by atoms with Crippen LogP contribution in [0.15, 0.2) is 26.5 Å². The third-order valence-electron chi connectivity index (χ3n) is 3.83. The van der Waals surface area contributed by atoms with E-state index in [-0.39, 0.29) is 12.6 Å². The standard InChI is InChI=1S/C15H16ClN3O4/c1-8-4-9(2)12(10(3)5-8)18-13(20)17(6-11-7-23-11)14(21)19(16)15(18)22/h4-5,11H,6-7H2,1-3H3. The van der Waals surface area contributed by atoms with Crippen LogP contribution in [0.2, 0.25) is 0 Å². The minimum Gasteiger partial charge on any atom is -0.371 e. The van der Waals surface area contributed by atoms with Crippen molar-refractivity contribution in [2.24, 2.45) is 0 Å². The van der Waals surface area contributed by atoms with Crippen molar-refractivity contribution in [2.75, 3.05) is 6.61 Å². The van der Waals surface area contributed by atoms with Crippen molar-refractivity contribution in [1.29, 1.82) is 0 Å². The normalized spacial score (nSPS) is 16.6. The lowest BCUT2D eigenvalue weighted by Gasteiger charge is -2.15. The van der Waals surface area contributed by atoms with E-state index in [0.717, 1.165) is 25.8 Å². The molecular weight excluding hydrogens is 322 g/mol. The Morgan fingerprint density at radius 3 is 2.17 bits per heavy atom. The average Bonchev–Trinajstić information content (AvgIpc) is 3.28. The second-order valence-electron chi connectivity index (χ2n) is 5.78. The highest BCUT2D eigenvalue weighted by atomic mass is 35.5. The van der Waals surface area contributed by atoms with Crippen molar-refractivity contribution in [1.82, 2.24) is 13.2 Å². The van der Waals surface area contributed by atoms with E-state index in [0.29, 0.717) is 16.4 Å². The lowest BCUT2D eigenvalue weighted by Crippen LogP contribution is -2.52. The van der Waals surface area contributed by atoms with Crippen molar-refractivity contribution in [3.63, 3.8) is 0 Å². The van der Waals surface area contributed by atoms with E-state index < -0.39 is 17.1 Å². The van der Waals surface area contributed by atoms with Gasteiger partial charge in [-0.15, -0.1) is 0 Å². The molecule has 0 radical (unpaired) electrons. The third-order valence-corrected chi connectivity index (χ3v) is 4.12. The highest BCUT2D eigenvalue weighted by Crippen LogP contribution is 2.18. The second kappa shape index (κ2) is 5.50. The van der Waals surface area contributed by atoms with Gasteiger partial charge < -0.3 is 4.74 Å². The molecule has 0 bridgehead atoms. The van der Waals surface area contributed by atoms with Crippen molar-refractivity contribution in [2.45, 2.75) is 33.4 Å². The van der Waals surface area contributed by atoms with Gasteiger partial charge in [-0.3, -0.25) is 0 Å². The van der Waals surface area contributed by atoms with Gasteiger partial charge in [0.1, 0.15) is 0 Å². The van der Waals surface area contributed by atoms with E-state index in [1.807, 2.05) is 19.1 Å². The smallest absolute Gasteiger partial charge is 0.356 e. The summed E-state index contributed by atoms with van der Waals surface area (Å²) in [5.41, 5.74) is 0.550. The van der Waals surface area contributed by atoms with Crippen LogP contribution in [0.1, 0.15) is 16.7 Å².